The fourth-order valence-corrected chi connectivity index (χ4v) is 3.67. The van der Waals surface area contributed by atoms with Crippen LogP contribution in [-0.4, -0.2) is 34.5 Å². The number of carboxylic acid groups (broad SMARTS) is 1. The number of hydrogen-bond donors (Lipinski definition) is 2. The zero-order chi connectivity index (χ0) is 26.1. The molecule has 0 spiro atoms. The largest absolute Gasteiger partial charge is 0.481 e. The lowest BCUT2D eigenvalue weighted by Gasteiger charge is -2.25. The average molecular weight is 497 g/mol. The molecule has 0 bridgehead atoms. The summed E-state index contributed by atoms with van der Waals surface area (Å²) in [5.74, 6) is -1.62. The molecule has 0 aliphatic rings. The number of ketones is 1. The van der Waals surface area contributed by atoms with Gasteiger partial charge in [-0.05, 0) is 54.8 Å². The summed E-state index contributed by atoms with van der Waals surface area (Å²) in [5.41, 5.74) is 2.16. The summed E-state index contributed by atoms with van der Waals surface area (Å²) < 4.78 is 33.1. The molecule has 0 saturated carbocycles. The maximum atomic E-state index is 14.0. The quantitative estimate of drug-likeness (QED) is 0.267. The van der Waals surface area contributed by atoms with E-state index in [1.807, 2.05) is 12.1 Å². The Morgan fingerprint density at radius 3 is 2.42 bits per heavy atom. The van der Waals surface area contributed by atoms with E-state index in [1.54, 1.807) is 24.3 Å². The molecule has 1 heterocycles. The molecule has 2 atom stereocenters. The molecular formula is C28H30F2N2O4. The second-order valence-corrected chi connectivity index (χ2v) is 8.70. The highest BCUT2D eigenvalue weighted by atomic mass is 19.1. The van der Waals surface area contributed by atoms with Crippen LogP contribution >= 0.6 is 0 Å². The van der Waals surface area contributed by atoms with E-state index in [9.17, 15) is 18.4 Å². The molecule has 0 radical (unpaired) electrons. The van der Waals surface area contributed by atoms with Gasteiger partial charge in [0, 0.05) is 53.5 Å². The number of pyridine rings is 1. The fraction of sp³-hybridized carbons (Fsp3) is 0.321. The third kappa shape index (κ3) is 7.60. The lowest BCUT2D eigenvalue weighted by Crippen LogP contribution is -2.33. The van der Waals surface area contributed by atoms with E-state index >= 15 is 0 Å². The van der Waals surface area contributed by atoms with Crippen LogP contribution in [0.5, 0.6) is 5.88 Å². The van der Waals surface area contributed by atoms with Gasteiger partial charge in [-0.3, -0.25) is 9.59 Å². The first-order chi connectivity index (χ1) is 17.3. The van der Waals surface area contributed by atoms with Gasteiger partial charge in [0.15, 0.2) is 5.78 Å². The van der Waals surface area contributed by atoms with Gasteiger partial charge < -0.3 is 15.2 Å². The number of anilines is 1. The zero-order valence-electron chi connectivity index (χ0n) is 20.3. The number of Topliss-reactive ketones (excluding diaryl/α,β-unsaturated/α-hetero) is 1. The van der Waals surface area contributed by atoms with Crippen molar-refractivity contribution in [3.05, 3.63) is 78.0 Å². The number of aliphatic carboxylic acids is 1. The molecular weight excluding hydrogens is 466 g/mol. The molecule has 8 heteroatoms. The van der Waals surface area contributed by atoms with Gasteiger partial charge in [-0.1, -0.05) is 20.3 Å². The number of carboxylic acids is 1. The van der Waals surface area contributed by atoms with Crippen LogP contribution in [0.15, 0.2) is 60.8 Å². The number of ether oxygens (including phenoxy) is 1. The summed E-state index contributed by atoms with van der Waals surface area (Å²) in [6.45, 7) is 4.53. The molecule has 0 aliphatic carbocycles. The predicted octanol–water partition coefficient (Wildman–Crippen LogP) is 6.37. The Kier molecular flexibility index (Phi) is 9.50. The molecule has 36 heavy (non-hydrogen) atoms. The Balaban J connectivity index is 1.60. The van der Waals surface area contributed by atoms with Crippen LogP contribution in [0.2, 0.25) is 0 Å². The highest BCUT2D eigenvalue weighted by Crippen LogP contribution is 2.25. The zero-order valence-corrected chi connectivity index (χ0v) is 20.3. The predicted molar refractivity (Wildman–Crippen MR) is 134 cm³/mol. The van der Waals surface area contributed by atoms with Crippen molar-refractivity contribution in [1.82, 2.24) is 4.98 Å². The van der Waals surface area contributed by atoms with Crippen molar-refractivity contribution in [2.24, 2.45) is 5.92 Å². The molecule has 0 unspecified atom stereocenters. The maximum absolute atomic E-state index is 14.0. The van der Waals surface area contributed by atoms with Crippen molar-refractivity contribution in [2.75, 3.05) is 11.9 Å². The van der Waals surface area contributed by atoms with Crippen LogP contribution in [0, 0.1) is 17.6 Å². The number of rotatable bonds is 13. The van der Waals surface area contributed by atoms with E-state index < -0.39 is 17.6 Å². The molecule has 2 aromatic carbocycles. The molecule has 6 nitrogen and oxygen atoms in total. The smallest absolute Gasteiger partial charge is 0.303 e. The average Bonchev–Trinajstić information content (AvgIpc) is 2.86. The summed E-state index contributed by atoms with van der Waals surface area (Å²) in [5, 5.41) is 12.2. The van der Waals surface area contributed by atoms with Crippen LogP contribution in [0.4, 0.5) is 14.5 Å². The van der Waals surface area contributed by atoms with Crippen LogP contribution in [0.1, 0.15) is 49.9 Å². The van der Waals surface area contributed by atoms with Crippen molar-refractivity contribution in [3.63, 3.8) is 0 Å². The van der Waals surface area contributed by atoms with E-state index in [0.717, 1.165) is 18.2 Å². The molecule has 0 aliphatic heterocycles. The Morgan fingerprint density at radius 2 is 1.81 bits per heavy atom. The third-order valence-corrected chi connectivity index (χ3v) is 6.07. The first-order valence-electron chi connectivity index (χ1n) is 11.9. The third-order valence-electron chi connectivity index (χ3n) is 6.07. The number of hydrogen-bond acceptors (Lipinski definition) is 5. The standard InChI is InChI=1S/C28H30F2N2O4/c1-3-18(2)25(32-22-11-7-19(8-12-22)26(33)5-4-6-28(34)35)17-36-27-14-9-20(16-31-27)23-13-10-21(29)15-24(23)30/h7-16,18,25,32H,3-6,17H2,1-2H3,(H,34,35)/t18-,25+/m0/s1. The number of nitrogens with one attached hydrogen (secondary N) is 1. The maximum Gasteiger partial charge on any atom is 0.303 e. The van der Waals surface area contributed by atoms with E-state index in [1.165, 1.54) is 18.3 Å². The van der Waals surface area contributed by atoms with E-state index in [-0.39, 0.29) is 36.1 Å². The number of carbonyl (C=O) groups is 2. The minimum atomic E-state index is -0.909. The molecule has 3 rings (SSSR count). The topological polar surface area (TPSA) is 88.5 Å². The highest BCUT2D eigenvalue weighted by molar-refractivity contribution is 5.96. The Hall–Kier alpha value is -3.81. The van der Waals surface area contributed by atoms with Crippen LogP contribution < -0.4 is 10.1 Å². The van der Waals surface area contributed by atoms with Gasteiger partial charge in [0.1, 0.15) is 18.2 Å². The summed E-state index contributed by atoms with van der Waals surface area (Å²) in [7, 11) is 0. The Bertz CT molecular complexity index is 1170. The number of aromatic nitrogens is 1. The van der Waals surface area contributed by atoms with Crippen LogP contribution in [0.25, 0.3) is 11.1 Å². The number of nitrogens with zero attached hydrogens (tertiary/aromatic N) is 1. The second kappa shape index (κ2) is 12.8. The van der Waals surface area contributed by atoms with Crippen molar-refractivity contribution in [1.29, 1.82) is 0 Å². The van der Waals surface area contributed by atoms with Crippen molar-refractivity contribution in [2.45, 2.75) is 45.6 Å². The minimum Gasteiger partial charge on any atom is -0.481 e. The molecule has 1 aromatic heterocycles. The van der Waals surface area contributed by atoms with Gasteiger partial charge >= 0.3 is 5.97 Å². The minimum absolute atomic E-state index is 0.0251. The normalized spacial score (nSPS) is 12.6. The van der Waals surface area contributed by atoms with Gasteiger partial charge in [0.25, 0.3) is 0 Å². The van der Waals surface area contributed by atoms with Gasteiger partial charge in [-0.25, -0.2) is 13.8 Å². The number of benzene rings is 2. The summed E-state index contributed by atoms with van der Waals surface area (Å²) in [4.78, 5) is 27.1. The van der Waals surface area contributed by atoms with Crippen molar-refractivity contribution >= 4 is 17.4 Å². The first kappa shape index (κ1) is 26.8. The lowest BCUT2D eigenvalue weighted by atomic mass is 9.99. The molecule has 0 amide bonds. The molecule has 0 fully saturated rings. The second-order valence-electron chi connectivity index (χ2n) is 8.70. The van der Waals surface area contributed by atoms with Gasteiger partial charge in [0.2, 0.25) is 5.88 Å². The van der Waals surface area contributed by atoms with Crippen LogP contribution in [0.3, 0.4) is 0 Å². The summed E-state index contributed by atoms with van der Waals surface area (Å²) >= 11 is 0. The molecule has 190 valence electrons. The van der Waals surface area contributed by atoms with E-state index in [4.69, 9.17) is 9.84 Å². The molecule has 2 N–H and O–H groups in total. The Morgan fingerprint density at radius 1 is 1.06 bits per heavy atom. The highest BCUT2D eigenvalue weighted by Gasteiger charge is 2.18. The van der Waals surface area contributed by atoms with E-state index in [0.29, 0.717) is 30.0 Å². The molecule has 3 aromatic rings. The molecule has 0 saturated heterocycles. The summed E-state index contributed by atoms with van der Waals surface area (Å²) in [6.07, 6.45) is 2.89. The fourth-order valence-electron chi connectivity index (χ4n) is 3.67. The Labute approximate surface area is 209 Å². The van der Waals surface area contributed by atoms with E-state index in [2.05, 4.69) is 24.1 Å². The van der Waals surface area contributed by atoms with Crippen LogP contribution in [-0.2, 0) is 4.79 Å². The SMILES string of the molecule is CC[C@H](C)[C@@H](COc1ccc(-c2ccc(F)cc2F)cn1)Nc1ccc(C(=O)CCCC(=O)O)cc1. The first-order valence-corrected chi connectivity index (χ1v) is 11.9. The van der Waals surface area contributed by atoms with Crippen molar-refractivity contribution < 1.29 is 28.2 Å². The number of carbonyl (C=O) groups excluding carboxylic acids is 1. The van der Waals surface area contributed by atoms with Gasteiger partial charge in [-0.2, -0.15) is 0 Å². The number of halogens is 2. The summed E-state index contributed by atoms with van der Waals surface area (Å²) in [6, 6.07) is 13.8. The van der Waals surface area contributed by atoms with Gasteiger partial charge in [0.05, 0.1) is 6.04 Å². The van der Waals surface area contributed by atoms with Crippen molar-refractivity contribution in [3.8, 4) is 17.0 Å². The van der Waals surface area contributed by atoms with Gasteiger partial charge in [-0.15, -0.1) is 0 Å². The lowest BCUT2D eigenvalue weighted by molar-refractivity contribution is -0.137. The monoisotopic (exact) mass is 496 g/mol.